The smallest absolute Gasteiger partial charge is 0.225 e. The van der Waals surface area contributed by atoms with Gasteiger partial charge in [0.2, 0.25) is 5.91 Å². The SMILES string of the molecule is CCCCNC(=NC)NC1CCN(C(=O)C2CCCC2)C1. The lowest BCUT2D eigenvalue weighted by Gasteiger charge is -2.21. The van der Waals surface area contributed by atoms with Gasteiger partial charge in [0.25, 0.3) is 0 Å². The number of guanidine groups is 1. The van der Waals surface area contributed by atoms with Crippen LogP contribution in [-0.2, 0) is 4.79 Å². The van der Waals surface area contributed by atoms with Crippen molar-refractivity contribution in [2.75, 3.05) is 26.7 Å². The molecular weight excluding hydrogens is 264 g/mol. The lowest BCUT2D eigenvalue weighted by molar-refractivity contribution is -0.134. The Hall–Kier alpha value is -1.26. The van der Waals surface area contributed by atoms with Gasteiger partial charge < -0.3 is 15.5 Å². The highest BCUT2D eigenvalue weighted by Gasteiger charge is 2.32. The third-order valence-electron chi connectivity index (χ3n) is 4.59. The molecule has 1 amide bonds. The molecule has 0 spiro atoms. The van der Waals surface area contributed by atoms with Crippen molar-refractivity contribution in [1.29, 1.82) is 0 Å². The number of hydrogen-bond donors (Lipinski definition) is 2. The summed E-state index contributed by atoms with van der Waals surface area (Å²) >= 11 is 0. The van der Waals surface area contributed by atoms with E-state index in [4.69, 9.17) is 0 Å². The van der Waals surface area contributed by atoms with Crippen molar-refractivity contribution in [2.45, 2.75) is 57.9 Å². The zero-order valence-corrected chi connectivity index (χ0v) is 13.5. The third kappa shape index (κ3) is 4.61. The zero-order valence-electron chi connectivity index (χ0n) is 13.5. The first-order valence-electron chi connectivity index (χ1n) is 8.50. The molecule has 1 atom stereocenters. The summed E-state index contributed by atoms with van der Waals surface area (Å²) < 4.78 is 0. The molecule has 2 N–H and O–H groups in total. The van der Waals surface area contributed by atoms with Crippen molar-refractivity contribution in [2.24, 2.45) is 10.9 Å². The lowest BCUT2D eigenvalue weighted by atomic mass is 10.1. The number of nitrogens with one attached hydrogen (secondary N) is 2. The number of rotatable bonds is 5. The molecule has 0 aromatic carbocycles. The summed E-state index contributed by atoms with van der Waals surface area (Å²) in [5.41, 5.74) is 0. The summed E-state index contributed by atoms with van der Waals surface area (Å²) in [6.07, 6.45) is 7.98. The minimum absolute atomic E-state index is 0.297. The van der Waals surface area contributed by atoms with Gasteiger partial charge in [-0.2, -0.15) is 0 Å². The Morgan fingerprint density at radius 2 is 2.05 bits per heavy atom. The van der Waals surface area contributed by atoms with E-state index in [1.807, 2.05) is 4.90 Å². The Kier molecular flexibility index (Phi) is 6.33. The van der Waals surface area contributed by atoms with E-state index in [1.165, 1.54) is 19.3 Å². The number of aliphatic imine (C=N–C) groups is 1. The highest BCUT2D eigenvalue weighted by Crippen LogP contribution is 2.27. The fourth-order valence-corrected chi connectivity index (χ4v) is 3.28. The molecule has 1 heterocycles. The van der Waals surface area contributed by atoms with E-state index < -0.39 is 0 Å². The summed E-state index contributed by atoms with van der Waals surface area (Å²) in [6.45, 7) is 4.84. The van der Waals surface area contributed by atoms with Crippen LogP contribution in [0.2, 0.25) is 0 Å². The van der Waals surface area contributed by atoms with Crippen LogP contribution < -0.4 is 10.6 Å². The molecule has 21 heavy (non-hydrogen) atoms. The molecule has 120 valence electrons. The van der Waals surface area contributed by atoms with Crippen molar-refractivity contribution in [3.05, 3.63) is 0 Å². The van der Waals surface area contributed by atoms with Crippen LogP contribution in [-0.4, -0.2) is 49.5 Å². The molecule has 0 radical (unpaired) electrons. The van der Waals surface area contributed by atoms with Crippen LogP contribution in [0.5, 0.6) is 0 Å². The van der Waals surface area contributed by atoms with Crippen LogP contribution in [0.1, 0.15) is 51.9 Å². The highest BCUT2D eigenvalue weighted by molar-refractivity contribution is 5.81. The Labute approximate surface area is 128 Å². The number of carbonyl (C=O) groups is 1. The normalized spacial score (nSPS) is 23.6. The van der Waals surface area contributed by atoms with Gasteiger partial charge in [-0.3, -0.25) is 9.79 Å². The van der Waals surface area contributed by atoms with Gasteiger partial charge in [0.1, 0.15) is 0 Å². The Morgan fingerprint density at radius 1 is 1.29 bits per heavy atom. The van der Waals surface area contributed by atoms with Crippen LogP contribution in [0, 0.1) is 5.92 Å². The average Bonchev–Trinajstić information content (AvgIpc) is 3.17. The molecular formula is C16H30N4O. The molecule has 2 fully saturated rings. The number of carbonyl (C=O) groups excluding carboxylic acids is 1. The third-order valence-corrected chi connectivity index (χ3v) is 4.59. The number of likely N-dealkylation sites (tertiary alicyclic amines) is 1. The highest BCUT2D eigenvalue weighted by atomic mass is 16.2. The standard InChI is InChI=1S/C16H30N4O/c1-3-4-10-18-16(17-2)19-14-9-11-20(12-14)15(21)13-7-5-6-8-13/h13-14H,3-12H2,1-2H3,(H2,17,18,19). The second-order valence-corrected chi connectivity index (χ2v) is 6.25. The molecule has 1 saturated heterocycles. The van der Waals surface area contributed by atoms with Crippen LogP contribution in [0.15, 0.2) is 4.99 Å². The summed E-state index contributed by atoms with van der Waals surface area (Å²) in [5.74, 6) is 1.54. The molecule has 5 nitrogen and oxygen atoms in total. The monoisotopic (exact) mass is 294 g/mol. The van der Waals surface area contributed by atoms with Gasteiger partial charge in [0, 0.05) is 38.6 Å². The van der Waals surface area contributed by atoms with Gasteiger partial charge in [-0.05, 0) is 25.7 Å². The van der Waals surface area contributed by atoms with Crippen molar-refractivity contribution >= 4 is 11.9 Å². The minimum atomic E-state index is 0.297. The molecule has 1 aliphatic carbocycles. The van der Waals surface area contributed by atoms with E-state index in [0.717, 1.165) is 51.3 Å². The summed E-state index contributed by atoms with van der Waals surface area (Å²) in [7, 11) is 1.80. The van der Waals surface area contributed by atoms with Crippen molar-refractivity contribution in [3.8, 4) is 0 Å². The first kappa shape index (κ1) is 16.1. The second-order valence-electron chi connectivity index (χ2n) is 6.25. The quantitative estimate of drug-likeness (QED) is 0.461. The van der Waals surface area contributed by atoms with Gasteiger partial charge in [0.15, 0.2) is 5.96 Å². The maximum absolute atomic E-state index is 12.4. The molecule has 5 heteroatoms. The molecule has 0 aromatic rings. The zero-order chi connectivity index (χ0) is 15.1. The number of hydrogen-bond acceptors (Lipinski definition) is 2. The van der Waals surface area contributed by atoms with Crippen LogP contribution in [0.4, 0.5) is 0 Å². The predicted molar refractivity (Wildman–Crippen MR) is 86.3 cm³/mol. The van der Waals surface area contributed by atoms with Gasteiger partial charge in [0.05, 0.1) is 0 Å². The molecule has 0 aromatic heterocycles. The summed E-state index contributed by atoms with van der Waals surface area (Å²) in [5, 5.41) is 6.78. The van der Waals surface area contributed by atoms with Crippen LogP contribution in [0.25, 0.3) is 0 Å². The molecule has 1 aliphatic heterocycles. The van der Waals surface area contributed by atoms with Crippen molar-refractivity contribution in [1.82, 2.24) is 15.5 Å². The fraction of sp³-hybridized carbons (Fsp3) is 0.875. The van der Waals surface area contributed by atoms with Gasteiger partial charge in [-0.25, -0.2) is 0 Å². The van der Waals surface area contributed by atoms with E-state index >= 15 is 0 Å². The molecule has 1 unspecified atom stereocenters. The van der Waals surface area contributed by atoms with Crippen LogP contribution >= 0.6 is 0 Å². The Balaban J connectivity index is 1.74. The summed E-state index contributed by atoms with van der Waals surface area (Å²) in [6, 6.07) is 0.336. The Bertz CT molecular complexity index is 363. The van der Waals surface area contributed by atoms with Gasteiger partial charge in [-0.1, -0.05) is 26.2 Å². The number of unbranched alkanes of at least 4 members (excludes halogenated alkanes) is 1. The van der Waals surface area contributed by atoms with E-state index in [2.05, 4.69) is 22.5 Å². The molecule has 0 bridgehead atoms. The predicted octanol–water partition coefficient (Wildman–Crippen LogP) is 1.74. The van der Waals surface area contributed by atoms with E-state index in [1.54, 1.807) is 7.05 Å². The first-order chi connectivity index (χ1) is 10.2. The van der Waals surface area contributed by atoms with Crippen molar-refractivity contribution < 1.29 is 4.79 Å². The average molecular weight is 294 g/mol. The number of amides is 1. The van der Waals surface area contributed by atoms with E-state index in [0.29, 0.717) is 17.9 Å². The lowest BCUT2D eigenvalue weighted by Crippen LogP contribution is -2.45. The van der Waals surface area contributed by atoms with Crippen molar-refractivity contribution in [3.63, 3.8) is 0 Å². The maximum atomic E-state index is 12.4. The topological polar surface area (TPSA) is 56.7 Å². The molecule has 2 rings (SSSR count). The Morgan fingerprint density at radius 3 is 2.71 bits per heavy atom. The maximum Gasteiger partial charge on any atom is 0.225 e. The molecule has 1 saturated carbocycles. The minimum Gasteiger partial charge on any atom is -0.356 e. The second kappa shape index (κ2) is 8.25. The molecule has 2 aliphatic rings. The number of nitrogens with zero attached hydrogens (tertiary/aromatic N) is 2. The van der Waals surface area contributed by atoms with Gasteiger partial charge in [-0.15, -0.1) is 0 Å². The first-order valence-corrected chi connectivity index (χ1v) is 8.50. The van der Waals surface area contributed by atoms with Crippen LogP contribution in [0.3, 0.4) is 0 Å². The van der Waals surface area contributed by atoms with E-state index in [-0.39, 0.29) is 0 Å². The largest absolute Gasteiger partial charge is 0.356 e. The summed E-state index contributed by atoms with van der Waals surface area (Å²) in [4.78, 5) is 18.7. The van der Waals surface area contributed by atoms with E-state index in [9.17, 15) is 4.79 Å². The van der Waals surface area contributed by atoms with Gasteiger partial charge >= 0.3 is 0 Å². The fourth-order valence-electron chi connectivity index (χ4n) is 3.28.